The molecular weight excluding hydrogens is 767 g/mol. The minimum atomic E-state index is -0.0348. The topological polar surface area (TPSA) is 65.0 Å². The highest BCUT2D eigenvalue weighted by Gasteiger charge is 2.62. The van der Waals surface area contributed by atoms with E-state index in [1.54, 1.807) is 5.56 Å². The molecule has 5 aliphatic rings. The van der Waals surface area contributed by atoms with Crippen molar-refractivity contribution in [1.82, 2.24) is 15.0 Å². The largest absolute Gasteiger partial charge is 0.455 e. The van der Waals surface area contributed by atoms with Crippen LogP contribution in [0.25, 0.3) is 109 Å². The van der Waals surface area contributed by atoms with Crippen molar-refractivity contribution in [2.75, 3.05) is 0 Å². The molecule has 0 atom stereocenters. The van der Waals surface area contributed by atoms with E-state index >= 15 is 0 Å². The van der Waals surface area contributed by atoms with Gasteiger partial charge in [-0.2, -0.15) is 0 Å². The number of hydrogen-bond acceptors (Lipinski definition) is 6. The van der Waals surface area contributed by atoms with Gasteiger partial charge in [0.15, 0.2) is 17.5 Å². The molecule has 290 valence electrons. The third-order valence-electron chi connectivity index (χ3n) is 15.3. The van der Waals surface area contributed by atoms with Gasteiger partial charge in [0.2, 0.25) is 0 Å². The van der Waals surface area contributed by atoms with E-state index in [4.69, 9.17) is 23.8 Å². The van der Waals surface area contributed by atoms with E-state index in [0.717, 1.165) is 72.4 Å². The molecule has 0 radical (unpaired) electrons. The quantitative estimate of drug-likeness (QED) is 0.178. The molecule has 5 nitrogen and oxygen atoms in total. The summed E-state index contributed by atoms with van der Waals surface area (Å²) in [6.07, 6.45) is 6.70. The molecule has 4 heterocycles. The van der Waals surface area contributed by atoms with Gasteiger partial charge in [-0.05, 0) is 108 Å². The molecule has 7 aromatic carbocycles. The molecule has 4 aromatic heterocycles. The zero-order chi connectivity index (χ0) is 39.6. The molecular formula is C55H37N3O2S. The van der Waals surface area contributed by atoms with Crippen molar-refractivity contribution in [2.24, 2.45) is 23.7 Å². The fourth-order valence-electron chi connectivity index (χ4n) is 13.3. The highest BCUT2D eigenvalue weighted by molar-refractivity contribution is 7.26. The lowest BCUT2D eigenvalue weighted by Gasteiger charge is -2.61. The first kappa shape index (κ1) is 33.1. The van der Waals surface area contributed by atoms with Crippen LogP contribution in [0.1, 0.15) is 43.2 Å². The number of benzene rings is 7. The maximum Gasteiger partial charge on any atom is 0.167 e. The van der Waals surface area contributed by atoms with E-state index in [0.29, 0.717) is 29.3 Å². The summed E-state index contributed by atoms with van der Waals surface area (Å²) >= 11 is 2.00. The minimum absolute atomic E-state index is 0.0348. The molecule has 0 saturated heterocycles. The Bertz CT molecular complexity index is 3540. The summed E-state index contributed by atoms with van der Waals surface area (Å²) in [6, 6.07) is 50.0. The van der Waals surface area contributed by atoms with Crippen molar-refractivity contribution < 1.29 is 8.83 Å². The summed E-state index contributed by atoms with van der Waals surface area (Å²) in [6.45, 7) is 0. The molecule has 11 aromatic rings. The van der Waals surface area contributed by atoms with E-state index in [-0.39, 0.29) is 5.41 Å². The van der Waals surface area contributed by atoms with Crippen LogP contribution in [0.2, 0.25) is 0 Å². The van der Waals surface area contributed by atoms with Gasteiger partial charge in [-0.1, -0.05) is 109 Å². The van der Waals surface area contributed by atoms with Gasteiger partial charge in [0.05, 0.1) is 11.1 Å². The van der Waals surface area contributed by atoms with E-state index < -0.39 is 0 Å². The number of nitrogens with zero attached hydrogens (tertiary/aromatic N) is 3. The van der Waals surface area contributed by atoms with Crippen LogP contribution in [0.15, 0.2) is 148 Å². The summed E-state index contributed by atoms with van der Waals surface area (Å²) in [5, 5.41) is 7.00. The predicted molar refractivity (Wildman–Crippen MR) is 247 cm³/mol. The Morgan fingerprint density at radius 1 is 0.443 bits per heavy atom. The maximum atomic E-state index is 6.64. The molecule has 1 spiro atoms. The van der Waals surface area contributed by atoms with Crippen molar-refractivity contribution in [3.8, 4) is 45.3 Å². The zero-order valence-corrected chi connectivity index (χ0v) is 34.0. The molecule has 4 saturated carbocycles. The van der Waals surface area contributed by atoms with E-state index in [1.807, 2.05) is 35.6 Å². The molecule has 0 amide bonds. The molecule has 0 unspecified atom stereocenters. The Morgan fingerprint density at radius 3 is 1.61 bits per heavy atom. The number of thiophene rings is 1. The van der Waals surface area contributed by atoms with Gasteiger partial charge < -0.3 is 8.83 Å². The smallest absolute Gasteiger partial charge is 0.167 e. The third kappa shape index (κ3) is 4.28. The molecule has 6 heteroatoms. The van der Waals surface area contributed by atoms with E-state index in [2.05, 4.69) is 115 Å². The normalized spacial score (nSPS) is 22.5. The fourth-order valence-corrected chi connectivity index (χ4v) is 14.6. The second-order valence-electron chi connectivity index (χ2n) is 18.2. The number of aromatic nitrogens is 3. The van der Waals surface area contributed by atoms with Gasteiger partial charge in [0.25, 0.3) is 0 Å². The highest BCUT2D eigenvalue weighted by Crippen LogP contribution is 2.71. The Morgan fingerprint density at radius 2 is 0.967 bits per heavy atom. The summed E-state index contributed by atoms with van der Waals surface area (Å²) in [4.78, 5) is 16.4. The van der Waals surface area contributed by atoms with Crippen LogP contribution in [0, 0.1) is 23.7 Å². The average Bonchev–Trinajstić information content (AvgIpc) is 4.06. The number of hydrogen-bond donors (Lipinski definition) is 0. The summed E-state index contributed by atoms with van der Waals surface area (Å²) < 4.78 is 16.1. The Hall–Kier alpha value is -6.63. The van der Waals surface area contributed by atoms with Crippen LogP contribution in [-0.2, 0) is 5.41 Å². The lowest BCUT2D eigenvalue weighted by atomic mass is 9.43. The molecule has 0 aliphatic heterocycles. The second kappa shape index (κ2) is 11.8. The van der Waals surface area contributed by atoms with Gasteiger partial charge in [0, 0.05) is 52.7 Å². The predicted octanol–water partition coefficient (Wildman–Crippen LogP) is 14.8. The number of fused-ring (bicyclic) bond motifs is 13. The van der Waals surface area contributed by atoms with Crippen LogP contribution >= 0.6 is 11.3 Å². The Labute approximate surface area is 354 Å². The van der Waals surface area contributed by atoms with Crippen molar-refractivity contribution in [2.45, 2.75) is 37.5 Å². The SMILES string of the molecule is c1cc(-c2nc(-c3cccc4c3oc3ccccc34)nc(-c3cccc4c3oc3ccccc34)n2)c2c(c1)C1(c3c-2ccc2c3sc3ccccc32)C2CC3CC(C2)CC1C3. The zero-order valence-electron chi connectivity index (χ0n) is 33.2. The molecule has 5 aliphatic carbocycles. The fraction of sp³-hybridized carbons (Fsp3) is 0.182. The monoisotopic (exact) mass is 803 g/mol. The van der Waals surface area contributed by atoms with E-state index in [1.165, 1.54) is 69.0 Å². The first-order chi connectivity index (χ1) is 30.2. The standard InChI is InChI=1S/C55H37N3O2S/c1-4-19-44-33(10-1)36-13-7-16-41(49(36)59-44)53-56-52(57-54(58-53)42-17-8-14-37-34-11-2-5-20-45(34)60-50(37)42)40-15-9-18-43-47(40)39-23-22-38-35-12-3-6-21-46(35)61-51(38)48(39)55(43)31-25-29-24-30(27-31)28-32(55)26-29/h1-23,29-32H,24-28H2. The summed E-state index contributed by atoms with van der Waals surface area (Å²) in [5.41, 5.74) is 11.7. The van der Waals surface area contributed by atoms with Gasteiger partial charge in [-0.25, -0.2) is 15.0 Å². The average molecular weight is 804 g/mol. The van der Waals surface area contributed by atoms with Gasteiger partial charge in [0.1, 0.15) is 22.3 Å². The van der Waals surface area contributed by atoms with Crippen LogP contribution in [0.5, 0.6) is 0 Å². The Kier molecular flexibility index (Phi) is 6.41. The van der Waals surface area contributed by atoms with E-state index in [9.17, 15) is 0 Å². The van der Waals surface area contributed by atoms with Crippen LogP contribution < -0.4 is 0 Å². The highest BCUT2D eigenvalue weighted by atomic mass is 32.1. The summed E-state index contributed by atoms with van der Waals surface area (Å²) in [7, 11) is 0. The Balaban J connectivity index is 1.04. The molecule has 4 fully saturated rings. The minimum Gasteiger partial charge on any atom is -0.455 e. The van der Waals surface area contributed by atoms with Crippen molar-refractivity contribution >= 4 is 75.4 Å². The lowest BCUT2D eigenvalue weighted by Crippen LogP contribution is -2.55. The third-order valence-corrected chi connectivity index (χ3v) is 16.5. The molecule has 61 heavy (non-hydrogen) atoms. The van der Waals surface area contributed by atoms with Crippen LogP contribution in [0.4, 0.5) is 0 Å². The number of para-hydroxylation sites is 4. The van der Waals surface area contributed by atoms with Crippen LogP contribution in [-0.4, -0.2) is 15.0 Å². The first-order valence-electron chi connectivity index (χ1n) is 21.9. The molecule has 4 bridgehead atoms. The number of furan rings is 2. The maximum absolute atomic E-state index is 6.64. The first-order valence-corrected chi connectivity index (χ1v) is 22.7. The lowest BCUT2D eigenvalue weighted by molar-refractivity contribution is -0.0393. The second-order valence-corrected chi connectivity index (χ2v) is 19.3. The van der Waals surface area contributed by atoms with Crippen molar-refractivity contribution in [1.29, 1.82) is 0 Å². The number of rotatable bonds is 3. The van der Waals surface area contributed by atoms with Crippen LogP contribution in [0.3, 0.4) is 0 Å². The van der Waals surface area contributed by atoms with Gasteiger partial charge >= 0.3 is 0 Å². The van der Waals surface area contributed by atoms with Crippen molar-refractivity contribution in [3.63, 3.8) is 0 Å². The molecule has 16 rings (SSSR count). The molecule has 0 N–H and O–H groups in total. The van der Waals surface area contributed by atoms with Gasteiger partial charge in [-0.3, -0.25) is 0 Å². The summed E-state index contributed by atoms with van der Waals surface area (Å²) in [5.74, 6) is 4.77. The van der Waals surface area contributed by atoms with Crippen molar-refractivity contribution in [3.05, 3.63) is 151 Å². The van der Waals surface area contributed by atoms with Gasteiger partial charge in [-0.15, -0.1) is 11.3 Å².